The van der Waals surface area contributed by atoms with E-state index in [9.17, 15) is 14.4 Å². The van der Waals surface area contributed by atoms with E-state index in [1.807, 2.05) is 91.0 Å². The molecule has 6 heteroatoms. The van der Waals surface area contributed by atoms with E-state index in [2.05, 4.69) is 0 Å². The van der Waals surface area contributed by atoms with E-state index in [-0.39, 0.29) is 11.9 Å². The van der Waals surface area contributed by atoms with Crippen LogP contribution < -0.4 is 15.9 Å². The number of rotatable bonds is 8. The molecule has 188 valence electrons. The van der Waals surface area contributed by atoms with Crippen molar-refractivity contribution in [1.29, 1.82) is 0 Å². The van der Waals surface area contributed by atoms with Gasteiger partial charge in [0.05, 0.1) is 6.61 Å². The van der Waals surface area contributed by atoms with Crippen molar-refractivity contribution in [2.24, 2.45) is 5.92 Å². The third kappa shape index (κ3) is 5.68. The topological polar surface area (TPSA) is 69.7 Å². The lowest BCUT2D eigenvalue weighted by Crippen LogP contribution is -2.43. The molecule has 0 saturated heterocycles. The van der Waals surface area contributed by atoms with Crippen LogP contribution in [0.15, 0.2) is 91.0 Å². The van der Waals surface area contributed by atoms with Crippen molar-refractivity contribution in [3.05, 3.63) is 91.0 Å². The van der Waals surface area contributed by atoms with Gasteiger partial charge < -0.3 is 9.47 Å². The zero-order chi connectivity index (χ0) is 26.3. The van der Waals surface area contributed by atoms with Gasteiger partial charge in [-0.15, -0.1) is 0 Å². The van der Waals surface area contributed by atoms with Crippen LogP contribution in [0.1, 0.15) is 34.6 Å². The molecule has 0 amide bonds. The van der Waals surface area contributed by atoms with E-state index >= 15 is 0 Å². The van der Waals surface area contributed by atoms with Gasteiger partial charge in [0.1, 0.15) is 16.8 Å². The van der Waals surface area contributed by atoms with Gasteiger partial charge in [-0.25, -0.2) is 4.79 Å². The van der Waals surface area contributed by atoms with Crippen LogP contribution in [0.5, 0.6) is 0 Å². The minimum absolute atomic E-state index is 0.0263. The van der Waals surface area contributed by atoms with Crippen LogP contribution in [-0.4, -0.2) is 35.2 Å². The summed E-state index contributed by atoms with van der Waals surface area (Å²) in [5.74, 6) is -3.17. The summed E-state index contributed by atoms with van der Waals surface area (Å²) in [5, 5.41) is 2.41. The summed E-state index contributed by atoms with van der Waals surface area (Å²) in [6.07, 6.45) is 0. The second kappa shape index (κ2) is 11.5. The van der Waals surface area contributed by atoms with Gasteiger partial charge in [0.15, 0.2) is 5.78 Å². The van der Waals surface area contributed by atoms with Gasteiger partial charge in [-0.05, 0) is 57.4 Å². The van der Waals surface area contributed by atoms with Crippen molar-refractivity contribution >= 4 is 45.8 Å². The molecule has 0 heterocycles. The first-order valence-electron chi connectivity index (χ1n) is 12.0. The molecule has 0 N–H and O–H groups in total. The van der Waals surface area contributed by atoms with E-state index in [1.165, 1.54) is 6.92 Å². The zero-order valence-electron chi connectivity index (χ0n) is 21.4. The van der Waals surface area contributed by atoms with Crippen LogP contribution in [0.25, 0.3) is 0 Å². The lowest BCUT2D eigenvalue weighted by molar-refractivity contribution is -0.149. The van der Waals surface area contributed by atoms with Crippen LogP contribution in [0.3, 0.4) is 0 Å². The predicted octanol–water partition coefficient (Wildman–Crippen LogP) is 4.26. The van der Waals surface area contributed by atoms with Crippen LogP contribution in [-0.2, 0) is 23.9 Å². The van der Waals surface area contributed by atoms with Crippen LogP contribution in [0.4, 0.5) is 0 Å². The molecule has 0 aliphatic carbocycles. The normalized spacial score (nSPS) is 12.4. The van der Waals surface area contributed by atoms with Gasteiger partial charge >= 0.3 is 11.9 Å². The lowest BCUT2D eigenvalue weighted by Gasteiger charge is -2.33. The van der Waals surface area contributed by atoms with Gasteiger partial charge in [-0.1, -0.05) is 91.0 Å². The van der Waals surface area contributed by atoms with Crippen molar-refractivity contribution < 1.29 is 23.9 Å². The number of benzene rings is 3. The maximum atomic E-state index is 14.2. The molecule has 0 bridgehead atoms. The molecule has 5 nitrogen and oxygen atoms in total. The molecule has 3 aromatic rings. The molecule has 1 atom stereocenters. The Morgan fingerprint density at radius 1 is 0.750 bits per heavy atom. The first-order valence-corrected chi connectivity index (χ1v) is 13.8. The molecular weight excluding hydrogens is 471 g/mol. The molecule has 3 rings (SSSR count). The molecular formula is C30H33O5P. The molecule has 3 aromatic carbocycles. The molecule has 36 heavy (non-hydrogen) atoms. The summed E-state index contributed by atoms with van der Waals surface area (Å²) >= 11 is 0. The summed E-state index contributed by atoms with van der Waals surface area (Å²) in [6, 6.07) is 28.6. The Labute approximate surface area is 213 Å². The van der Waals surface area contributed by atoms with Gasteiger partial charge in [-0.3, -0.25) is 9.59 Å². The highest BCUT2D eigenvalue weighted by Crippen LogP contribution is 2.47. The number of esters is 2. The largest absolute Gasteiger partial charge is 0.465 e. The molecule has 0 fully saturated rings. The number of carbonyl (C=O) groups excluding carboxylic acids is 3. The Hall–Kier alpha value is -3.43. The number of ether oxygens (including phenoxy) is 2. The lowest BCUT2D eigenvalue weighted by atomic mass is 10.0. The van der Waals surface area contributed by atoms with Crippen molar-refractivity contribution in [2.45, 2.75) is 40.2 Å². The van der Waals surface area contributed by atoms with Crippen LogP contribution >= 0.6 is 6.89 Å². The average Bonchev–Trinajstić information content (AvgIpc) is 2.87. The summed E-state index contributed by atoms with van der Waals surface area (Å²) in [6.45, 7) is 5.49. The summed E-state index contributed by atoms with van der Waals surface area (Å²) < 4.78 is 11.0. The van der Waals surface area contributed by atoms with Gasteiger partial charge in [0, 0.05) is 0 Å². The number of hydrogen-bond donors (Lipinski definition) is 0. The van der Waals surface area contributed by atoms with E-state index in [0.29, 0.717) is 0 Å². The van der Waals surface area contributed by atoms with Crippen molar-refractivity contribution in [2.75, 3.05) is 6.61 Å². The Kier molecular flexibility index (Phi) is 8.70. The minimum atomic E-state index is -3.09. The smallest absolute Gasteiger partial charge is 0.343 e. The van der Waals surface area contributed by atoms with E-state index in [0.717, 1.165) is 15.9 Å². The van der Waals surface area contributed by atoms with Gasteiger partial charge in [0.25, 0.3) is 0 Å². The number of Topliss-reactive ketones (excluding diaryl/α,β-unsaturated/α-hetero) is 1. The summed E-state index contributed by atoms with van der Waals surface area (Å²) in [4.78, 5) is 41.0. The SMILES string of the molecule is CCOC(=O)C(C)C(=O)C(C(=O)OC(C)(C)C)=P(c1ccccc1)(c1ccccc1)c1ccccc1. The quantitative estimate of drug-likeness (QED) is 0.261. The third-order valence-corrected chi connectivity index (χ3v) is 9.92. The summed E-state index contributed by atoms with van der Waals surface area (Å²) in [5.41, 5.74) is -0.852. The Morgan fingerprint density at radius 3 is 1.47 bits per heavy atom. The second-order valence-corrected chi connectivity index (χ2v) is 12.7. The molecule has 0 aromatic heterocycles. The highest BCUT2D eigenvalue weighted by molar-refractivity contribution is 7.97. The maximum Gasteiger partial charge on any atom is 0.343 e. The Morgan fingerprint density at radius 2 is 1.14 bits per heavy atom. The van der Waals surface area contributed by atoms with E-state index in [1.54, 1.807) is 27.7 Å². The molecule has 1 unspecified atom stereocenters. The van der Waals surface area contributed by atoms with Gasteiger partial charge in [-0.2, -0.15) is 0 Å². The Balaban J connectivity index is 2.59. The third-order valence-electron chi connectivity index (χ3n) is 5.62. The molecule has 0 spiro atoms. The predicted molar refractivity (Wildman–Crippen MR) is 147 cm³/mol. The Bertz CT molecular complexity index is 1160. The highest BCUT2D eigenvalue weighted by atomic mass is 31.2. The minimum Gasteiger partial charge on any atom is -0.465 e. The van der Waals surface area contributed by atoms with Crippen molar-refractivity contribution in [1.82, 2.24) is 0 Å². The zero-order valence-corrected chi connectivity index (χ0v) is 22.3. The van der Waals surface area contributed by atoms with Crippen molar-refractivity contribution in [3.8, 4) is 0 Å². The molecule has 0 radical (unpaired) electrons. The first kappa shape index (κ1) is 27.2. The van der Waals surface area contributed by atoms with Crippen molar-refractivity contribution in [3.63, 3.8) is 0 Å². The summed E-state index contributed by atoms with van der Waals surface area (Å²) in [7, 11) is 0. The fourth-order valence-corrected chi connectivity index (χ4v) is 8.47. The standard InChI is InChI=1S/C30H33O5P/c1-6-34-28(32)22(2)26(31)27(29(33)35-30(3,4)5)36(23-16-10-7-11-17-23,24-18-12-8-13-19-24)25-20-14-9-15-21-25/h7-22H,6H2,1-5H3. The van der Waals surface area contributed by atoms with Crippen LogP contribution in [0.2, 0.25) is 0 Å². The first-order chi connectivity index (χ1) is 17.1. The fourth-order valence-electron chi connectivity index (χ4n) is 4.10. The van der Waals surface area contributed by atoms with Gasteiger partial charge in [0.2, 0.25) is 0 Å². The second-order valence-electron chi connectivity index (χ2n) is 9.37. The molecule has 0 aliphatic heterocycles. The molecule has 0 aliphatic rings. The molecule has 0 saturated carbocycles. The van der Waals surface area contributed by atoms with Crippen LogP contribution in [0, 0.1) is 5.92 Å². The van der Waals surface area contributed by atoms with E-state index < -0.39 is 36.1 Å². The number of hydrogen-bond acceptors (Lipinski definition) is 5. The monoisotopic (exact) mass is 504 g/mol. The fraction of sp³-hybridized carbons (Fsp3) is 0.267. The number of ketones is 1. The average molecular weight is 505 g/mol. The van der Waals surface area contributed by atoms with E-state index in [4.69, 9.17) is 9.47 Å². The number of carbonyl (C=O) groups is 3. The highest BCUT2D eigenvalue weighted by Gasteiger charge is 2.42. The maximum absolute atomic E-state index is 14.2.